The van der Waals surface area contributed by atoms with Crippen molar-refractivity contribution in [1.82, 2.24) is 25.3 Å². The number of fused-ring (bicyclic) bond motifs is 2. The Kier molecular flexibility index (Phi) is 4.39. The van der Waals surface area contributed by atoms with E-state index in [0.717, 1.165) is 0 Å². The van der Waals surface area contributed by atoms with Crippen molar-refractivity contribution in [3.05, 3.63) is 29.2 Å². The number of amides is 2. The molecule has 150 valence electrons. The lowest BCUT2D eigenvalue weighted by Crippen LogP contribution is -2.47. The molecule has 4 rings (SSSR count). The van der Waals surface area contributed by atoms with Crippen LogP contribution in [0.1, 0.15) is 34.6 Å². The Morgan fingerprint density at radius 1 is 1.36 bits per heavy atom. The summed E-state index contributed by atoms with van der Waals surface area (Å²) in [5.74, 6) is -1.84. The van der Waals surface area contributed by atoms with Gasteiger partial charge in [-0.1, -0.05) is 0 Å². The second-order valence-corrected chi connectivity index (χ2v) is 7.14. The first-order chi connectivity index (χ1) is 13.3. The molecule has 0 aromatic carbocycles. The highest BCUT2D eigenvalue weighted by Gasteiger charge is 2.43. The van der Waals surface area contributed by atoms with Crippen molar-refractivity contribution in [2.45, 2.75) is 44.4 Å². The third kappa shape index (κ3) is 3.14. The van der Waals surface area contributed by atoms with E-state index in [-0.39, 0.29) is 36.4 Å². The topological polar surface area (TPSA) is 95.9 Å². The van der Waals surface area contributed by atoms with Gasteiger partial charge in [-0.05, 0) is 25.7 Å². The lowest BCUT2D eigenvalue weighted by atomic mass is 9.86. The van der Waals surface area contributed by atoms with Gasteiger partial charge < -0.3 is 5.32 Å². The molecule has 28 heavy (non-hydrogen) atoms. The first-order valence-electron chi connectivity index (χ1n) is 8.98. The van der Waals surface area contributed by atoms with Gasteiger partial charge in [0.1, 0.15) is 11.9 Å². The SMILES string of the molecule is CN1C(=O)[C@@H](NC(=O)c2n[nH]c3c2C[C@@H](C(F)(F)F)CC3)CCn2nccc21. The van der Waals surface area contributed by atoms with E-state index < -0.39 is 24.0 Å². The predicted molar refractivity (Wildman–Crippen MR) is 91.7 cm³/mol. The molecule has 2 aliphatic rings. The summed E-state index contributed by atoms with van der Waals surface area (Å²) in [4.78, 5) is 26.8. The van der Waals surface area contributed by atoms with Gasteiger partial charge >= 0.3 is 6.18 Å². The van der Waals surface area contributed by atoms with Crippen molar-refractivity contribution in [1.29, 1.82) is 0 Å². The number of aromatic nitrogens is 4. The Bertz CT molecular complexity index is 918. The number of aromatic amines is 1. The second-order valence-electron chi connectivity index (χ2n) is 7.14. The van der Waals surface area contributed by atoms with Crippen LogP contribution >= 0.6 is 0 Å². The van der Waals surface area contributed by atoms with E-state index >= 15 is 0 Å². The molecule has 0 radical (unpaired) electrons. The van der Waals surface area contributed by atoms with Crippen LogP contribution in [0, 0.1) is 5.92 Å². The largest absolute Gasteiger partial charge is 0.392 e. The number of rotatable bonds is 2. The molecule has 3 heterocycles. The number of carbonyl (C=O) groups is 2. The molecule has 11 heteroatoms. The van der Waals surface area contributed by atoms with Gasteiger partial charge in [0.15, 0.2) is 5.69 Å². The molecule has 2 aromatic rings. The summed E-state index contributed by atoms with van der Waals surface area (Å²) >= 11 is 0. The number of hydrogen-bond acceptors (Lipinski definition) is 4. The predicted octanol–water partition coefficient (Wildman–Crippen LogP) is 1.44. The fourth-order valence-electron chi connectivity index (χ4n) is 3.83. The molecule has 8 nitrogen and oxygen atoms in total. The molecule has 0 fully saturated rings. The highest BCUT2D eigenvalue weighted by molar-refractivity contribution is 6.01. The molecule has 2 amide bonds. The van der Waals surface area contributed by atoms with E-state index in [0.29, 0.717) is 24.5 Å². The Balaban J connectivity index is 1.52. The van der Waals surface area contributed by atoms with E-state index in [1.807, 2.05) is 0 Å². The van der Waals surface area contributed by atoms with E-state index in [1.165, 1.54) is 4.90 Å². The average molecular weight is 396 g/mol. The van der Waals surface area contributed by atoms with Crippen molar-refractivity contribution in [3.8, 4) is 0 Å². The molecule has 1 aliphatic carbocycles. The average Bonchev–Trinajstić information content (AvgIpc) is 3.26. The van der Waals surface area contributed by atoms with Crippen molar-refractivity contribution in [2.75, 3.05) is 11.9 Å². The highest BCUT2D eigenvalue weighted by Crippen LogP contribution is 2.37. The fourth-order valence-corrected chi connectivity index (χ4v) is 3.83. The van der Waals surface area contributed by atoms with Gasteiger partial charge in [0.2, 0.25) is 0 Å². The van der Waals surface area contributed by atoms with Gasteiger partial charge in [-0.15, -0.1) is 0 Å². The Morgan fingerprint density at radius 2 is 2.14 bits per heavy atom. The van der Waals surface area contributed by atoms with Crippen molar-refractivity contribution < 1.29 is 22.8 Å². The number of nitrogens with one attached hydrogen (secondary N) is 2. The van der Waals surface area contributed by atoms with E-state index in [1.54, 1.807) is 24.0 Å². The zero-order chi connectivity index (χ0) is 20.1. The Hall–Kier alpha value is -2.85. The molecular formula is C17H19F3N6O2. The summed E-state index contributed by atoms with van der Waals surface area (Å²) in [6.45, 7) is 0.429. The fraction of sp³-hybridized carbons (Fsp3) is 0.529. The van der Waals surface area contributed by atoms with Gasteiger partial charge in [-0.3, -0.25) is 19.6 Å². The van der Waals surface area contributed by atoms with Crippen LogP contribution in [-0.4, -0.2) is 51.1 Å². The van der Waals surface area contributed by atoms with Crippen LogP contribution in [0.2, 0.25) is 0 Å². The number of halogens is 3. The van der Waals surface area contributed by atoms with Crippen molar-refractivity contribution in [3.63, 3.8) is 0 Å². The molecule has 0 bridgehead atoms. The molecular weight excluding hydrogens is 377 g/mol. The third-order valence-electron chi connectivity index (χ3n) is 5.43. The number of alkyl halides is 3. The van der Waals surface area contributed by atoms with E-state index in [9.17, 15) is 22.8 Å². The minimum absolute atomic E-state index is 0.0306. The number of nitrogens with zero attached hydrogens (tertiary/aromatic N) is 4. The number of carbonyl (C=O) groups excluding carboxylic acids is 2. The monoisotopic (exact) mass is 396 g/mol. The van der Waals surface area contributed by atoms with Crippen LogP contribution in [-0.2, 0) is 24.2 Å². The zero-order valence-corrected chi connectivity index (χ0v) is 15.1. The number of likely N-dealkylation sites (N-methyl/N-ethyl adjacent to an activating group) is 1. The number of aryl methyl sites for hydroxylation is 2. The van der Waals surface area contributed by atoms with E-state index in [2.05, 4.69) is 20.6 Å². The van der Waals surface area contributed by atoms with Gasteiger partial charge in [-0.2, -0.15) is 23.4 Å². The van der Waals surface area contributed by atoms with Gasteiger partial charge in [0, 0.05) is 30.9 Å². The standard InChI is InChI=1S/C17H19F3N6O2/c1-25-13-4-6-21-26(13)7-5-12(16(25)28)22-15(27)14-10-8-9(17(18,19)20)2-3-11(10)23-24-14/h4,6,9,12H,2-3,5,7-8H2,1H3,(H,22,27)(H,23,24)/t9-,12-/m0/s1. The molecule has 1 aliphatic heterocycles. The molecule has 2 N–H and O–H groups in total. The quantitative estimate of drug-likeness (QED) is 0.803. The number of hydrogen-bond donors (Lipinski definition) is 2. The normalized spacial score (nSPS) is 22.4. The first kappa shape index (κ1) is 18.5. The molecule has 0 spiro atoms. The minimum atomic E-state index is -4.32. The molecule has 2 atom stereocenters. The molecule has 2 aromatic heterocycles. The summed E-state index contributed by atoms with van der Waals surface area (Å²) in [5, 5.41) is 13.4. The molecule has 0 saturated carbocycles. The molecule has 0 saturated heterocycles. The Morgan fingerprint density at radius 3 is 2.89 bits per heavy atom. The lowest BCUT2D eigenvalue weighted by Gasteiger charge is -2.25. The minimum Gasteiger partial charge on any atom is -0.339 e. The third-order valence-corrected chi connectivity index (χ3v) is 5.43. The maximum Gasteiger partial charge on any atom is 0.392 e. The van der Waals surface area contributed by atoms with E-state index in [4.69, 9.17) is 0 Å². The smallest absolute Gasteiger partial charge is 0.339 e. The van der Waals surface area contributed by atoms with Crippen LogP contribution in [0.4, 0.5) is 19.0 Å². The number of H-pyrrole nitrogens is 1. The van der Waals surface area contributed by atoms with Crippen LogP contribution in [0.5, 0.6) is 0 Å². The van der Waals surface area contributed by atoms with Crippen LogP contribution in [0.3, 0.4) is 0 Å². The second kappa shape index (κ2) is 6.64. The maximum atomic E-state index is 13.1. The maximum absolute atomic E-state index is 13.1. The zero-order valence-electron chi connectivity index (χ0n) is 15.1. The van der Waals surface area contributed by atoms with Crippen LogP contribution in [0.25, 0.3) is 0 Å². The summed E-state index contributed by atoms with van der Waals surface area (Å²) in [6, 6.07) is 0.886. The van der Waals surface area contributed by atoms with Crippen LogP contribution in [0.15, 0.2) is 12.3 Å². The van der Waals surface area contributed by atoms with Gasteiger partial charge in [-0.25, -0.2) is 4.68 Å². The summed E-state index contributed by atoms with van der Waals surface area (Å²) in [6.07, 6.45) is -2.54. The molecule has 0 unspecified atom stereocenters. The first-order valence-corrected chi connectivity index (χ1v) is 8.98. The number of anilines is 1. The van der Waals surface area contributed by atoms with Crippen molar-refractivity contribution in [2.24, 2.45) is 5.92 Å². The lowest BCUT2D eigenvalue weighted by molar-refractivity contribution is -0.177. The van der Waals surface area contributed by atoms with Gasteiger partial charge in [0.05, 0.1) is 12.1 Å². The van der Waals surface area contributed by atoms with Crippen LogP contribution < -0.4 is 10.2 Å². The van der Waals surface area contributed by atoms with Crippen molar-refractivity contribution >= 4 is 17.6 Å². The Labute approximate surface area is 158 Å². The summed E-state index contributed by atoms with van der Waals surface area (Å²) in [7, 11) is 1.59. The van der Waals surface area contributed by atoms with Gasteiger partial charge in [0.25, 0.3) is 11.8 Å². The highest BCUT2D eigenvalue weighted by atomic mass is 19.4. The summed E-state index contributed by atoms with van der Waals surface area (Å²) in [5.41, 5.74) is 0.768. The summed E-state index contributed by atoms with van der Waals surface area (Å²) < 4.78 is 40.9.